The average Bonchev–Trinajstić information content (AvgIpc) is 2.26. The first kappa shape index (κ1) is 13.8. The average molecular weight is 258 g/mol. The number of halogens is 1. The summed E-state index contributed by atoms with van der Waals surface area (Å²) in [4.78, 5) is 11.6. The van der Waals surface area contributed by atoms with Crippen molar-refractivity contribution >= 4 is 15.6 Å². The standard InChI is InChI=1S/C12H15FO3S/c1-2-3-8-17(15,16)9-12(14)10-6-4-5-7-11(10)13/h4-7H,2-3,8-9H2,1H3. The monoisotopic (exact) mass is 258 g/mol. The van der Waals surface area contributed by atoms with Crippen molar-refractivity contribution in [3.63, 3.8) is 0 Å². The summed E-state index contributed by atoms with van der Waals surface area (Å²) in [6.07, 6.45) is 1.26. The predicted molar refractivity (Wildman–Crippen MR) is 64.3 cm³/mol. The van der Waals surface area contributed by atoms with Gasteiger partial charge in [-0.05, 0) is 18.6 Å². The first-order valence-electron chi connectivity index (χ1n) is 5.44. The van der Waals surface area contributed by atoms with Gasteiger partial charge in [0.05, 0.1) is 11.3 Å². The molecule has 0 radical (unpaired) electrons. The van der Waals surface area contributed by atoms with Crippen LogP contribution in [0.5, 0.6) is 0 Å². The SMILES string of the molecule is CCCCS(=O)(=O)CC(=O)c1ccccc1F. The number of carbonyl (C=O) groups is 1. The second-order valence-corrected chi connectivity index (χ2v) is 6.03. The Bertz CT molecular complexity index is 494. The van der Waals surface area contributed by atoms with Gasteiger partial charge in [0, 0.05) is 0 Å². The number of sulfone groups is 1. The molecule has 0 unspecified atom stereocenters. The maximum Gasteiger partial charge on any atom is 0.180 e. The van der Waals surface area contributed by atoms with Crippen molar-refractivity contribution < 1.29 is 17.6 Å². The first-order chi connectivity index (χ1) is 7.96. The van der Waals surface area contributed by atoms with E-state index < -0.39 is 27.2 Å². The molecule has 0 spiro atoms. The Kier molecular flexibility index (Phi) is 4.81. The van der Waals surface area contributed by atoms with E-state index in [0.717, 1.165) is 12.5 Å². The van der Waals surface area contributed by atoms with Crippen molar-refractivity contribution in [2.45, 2.75) is 19.8 Å². The van der Waals surface area contributed by atoms with Crippen molar-refractivity contribution in [2.75, 3.05) is 11.5 Å². The highest BCUT2D eigenvalue weighted by Gasteiger charge is 2.19. The van der Waals surface area contributed by atoms with Gasteiger partial charge in [-0.15, -0.1) is 0 Å². The van der Waals surface area contributed by atoms with Crippen LogP contribution < -0.4 is 0 Å². The highest BCUT2D eigenvalue weighted by atomic mass is 32.2. The van der Waals surface area contributed by atoms with Gasteiger partial charge in [0.15, 0.2) is 15.6 Å². The maximum absolute atomic E-state index is 13.3. The van der Waals surface area contributed by atoms with Crippen molar-refractivity contribution in [1.29, 1.82) is 0 Å². The maximum atomic E-state index is 13.3. The minimum absolute atomic E-state index is 0.0241. The predicted octanol–water partition coefficient (Wildman–Crippen LogP) is 2.22. The van der Waals surface area contributed by atoms with E-state index in [1.54, 1.807) is 0 Å². The lowest BCUT2D eigenvalue weighted by Crippen LogP contribution is -2.19. The molecule has 0 heterocycles. The third-order valence-corrected chi connectivity index (χ3v) is 3.95. The topological polar surface area (TPSA) is 51.2 Å². The van der Waals surface area contributed by atoms with Crippen LogP contribution in [-0.2, 0) is 9.84 Å². The lowest BCUT2D eigenvalue weighted by atomic mass is 10.1. The van der Waals surface area contributed by atoms with E-state index in [1.165, 1.54) is 18.2 Å². The summed E-state index contributed by atoms with van der Waals surface area (Å²) in [5.41, 5.74) is -0.160. The summed E-state index contributed by atoms with van der Waals surface area (Å²) in [6, 6.07) is 5.41. The van der Waals surface area contributed by atoms with Crippen LogP contribution in [-0.4, -0.2) is 25.7 Å². The normalized spacial score (nSPS) is 11.4. The molecule has 1 aromatic carbocycles. The second kappa shape index (κ2) is 5.91. The fraction of sp³-hybridized carbons (Fsp3) is 0.417. The molecule has 17 heavy (non-hydrogen) atoms. The fourth-order valence-electron chi connectivity index (χ4n) is 1.40. The Hall–Kier alpha value is -1.23. The second-order valence-electron chi connectivity index (χ2n) is 3.85. The summed E-state index contributed by atoms with van der Waals surface area (Å²) < 4.78 is 36.3. The minimum Gasteiger partial charge on any atom is -0.293 e. The fourth-order valence-corrected chi connectivity index (χ4v) is 2.83. The number of Topliss-reactive ketones (excluding diaryl/α,β-unsaturated/α-hetero) is 1. The van der Waals surface area contributed by atoms with Crippen LogP contribution >= 0.6 is 0 Å². The number of hydrogen-bond acceptors (Lipinski definition) is 3. The van der Waals surface area contributed by atoms with E-state index in [9.17, 15) is 17.6 Å². The largest absolute Gasteiger partial charge is 0.293 e. The van der Waals surface area contributed by atoms with E-state index in [4.69, 9.17) is 0 Å². The number of ketones is 1. The molecule has 5 heteroatoms. The van der Waals surface area contributed by atoms with Gasteiger partial charge in [0.25, 0.3) is 0 Å². The van der Waals surface area contributed by atoms with E-state index in [1.807, 2.05) is 6.92 Å². The van der Waals surface area contributed by atoms with Gasteiger partial charge >= 0.3 is 0 Å². The summed E-state index contributed by atoms with van der Waals surface area (Å²) in [6.45, 7) is 1.87. The van der Waals surface area contributed by atoms with E-state index >= 15 is 0 Å². The van der Waals surface area contributed by atoms with Crippen LogP contribution in [0.4, 0.5) is 4.39 Å². The number of benzene rings is 1. The summed E-state index contributed by atoms with van der Waals surface area (Å²) in [5, 5.41) is 0. The van der Waals surface area contributed by atoms with Crippen molar-refractivity contribution in [3.05, 3.63) is 35.6 Å². The summed E-state index contributed by atoms with van der Waals surface area (Å²) in [5.74, 6) is -2.00. The Labute approximate surface area is 101 Å². The van der Waals surface area contributed by atoms with Gasteiger partial charge in [-0.2, -0.15) is 0 Å². The van der Waals surface area contributed by atoms with Crippen LogP contribution in [0.15, 0.2) is 24.3 Å². The number of unbranched alkanes of at least 4 members (excludes halogenated alkanes) is 1. The lowest BCUT2D eigenvalue weighted by molar-refractivity contribution is 0.101. The molecule has 0 amide bonds. The highest BCUT2D eigenvalue weighted by molar-refractivity contribution is 7.92. The molecule has 3 nitrogen and oxygen atoms in total. The molecular formula is C12H15FO3S. The Morgan fingerprint density at radius 2 is 1.94 bits per heavy atom. The zero-order valence-corrected chi connectivity index (χ0v) is 10.5. The van der Waals surface area contributed by atoms with Gasteiger partial charge in [0.1, 0.15) is 11.6 Å². The zero-order valence-electron chi connectivity index (χ0n) is 9.65. The first-order valence-corrected chi connectivity index (χ1v) is 7.26. The van der Waals surface area contributed by atoms with Crippen molar-refractivity contribution in [2.24, 2.45) is 0 Å². The quantitative estimate of drug-likeness (QED) is 0.735. The van der Waals surface area contributed by atoms with Crippen molar-refractivity contribution in [1.82, 2.24) is 0 Å². The molecule has 0 N–H and O–H groups in total. The Balaban J connectivity index is 2.77. The molecule has 0 aliphatic carbocycles. The lowest BCUT2D eigenvalue weighted by Gasteiger charge is -2.04. The molecule has 0 aliphatic rings. The summed E-state index contributed by atoms with van der Waals surface area (Å²) >= 11 is 0. The molecule has 0 bridgehead atoms. The molecule has 0 atom stereocenters. The Morgan fingerprint density at radius 3 is 2.53 bits per heavy atom. The van der Waals surface area contributed by atoms with Crippen LogP contribution in [0, 0.1) is 5.82 Å². The molecule has 0 saturated carbocycles. The van der Waals surface area contributed by atoms with E-state index in [2.05, 4.69) is 0 Å². The third-order valence-electron chi connectivity index (χ3n) is 2.33. The van der Waals surface area contributed by atoms with Crippen LogP contribution in [0.1, 0.15) is 30.1 Å². The molecule has 94 valence electrons. The van der Waals surface area contributed by atoms with Gasteiger partial charge in [0.2, 0.25) is 0 Å². The highest BCUT2D eigenvalue weighted by Crippen LogP contribution is 2.09. The minimum atomic E-state index is -3.42. The zero-order chi connectivity index (χ0) is 12.9. The molecule has 0 saturated heterocycles. The molecule has 1 rings (SSSR count). The van der Waals surface area contributed by atoms with Gasteiger partial charge < -0.3 is 0 Å². The third kappa shape index (κ3) is 4.26. The molecular weight excluding hydrogens is 243 g/mol. The Morgan fingerprint density at radius 1 is 1.29 bits per heavy atom. The van der Waals surface area contributed by atoms with E-state index in [-0.39, 0.29) is 11.3 Å². The number of rotatable bonds is 6. The smallest absolute Gasteiger partial charge is 0.180 e. The van der Waals surface area contributed by atoms with Crippen LogP contribution in [0.3, 0.4) is 0 Å². The van der Waals surface area contributed by atoms with Gasteiger partial charge in [-0.3, -0.25) is 4.79 Å². The molecule has 0 aromatic heterocycles. The van der Waals surface area contributed by atoms with Crippen LogP contribution in [0.25, 0.3) is 0 Å². The van der Waals surface area contributed by atoms with Crippen molar-refractivity contribution in [3.8, 4) is 0 Å². The van der Waals surface area contributed by atoms with Gasteiger partial charge in [-0.1, -0.05) is 25.5 Å². The molecule has 1 aromatic rings. The molecule has 0 aliphatic heterocycles. The number of hydrogen-bond donors (Lipinski definition) is 0. The molecule has 0 fully saturated rings. The van der Waals surface area contributed by atoms with Crippen LogP contribution in [0.2, 0.25) is 0 Å². The van der Waals surface area contributed by atoms with E-state index in [0.29, 0.717) is 6.42 Å². The van der Waals surface area contributed by atoms with Gasteiger partial charge in [-0.25, -0.2) is 12.8 Å². The summed E-state index contributed by atoms with van der Waals surface area (Å²) in [7, 11) is -3.42. The number of carbonyl (C=O) groups excluding carboxylic acids is 1.